The highest BCUT2D eigenvalue weighted by Crippen LogP contribution is 2.25. The van der Waals surface area contributed by atoms with Crippen LogP contribution < -0.4 is 16.0 Å². The zero-order chi connectivity index (χ0) is 22.5. The van der Waals surface area contributed by atoms with Gasteiger partial charge in [-0.1, -0.05) is 18.2 Å². The zero-order valence-electron chi connectivity index (χ0n) is 19.0. The topological polar surface area (TPSA) is 96.8 Å². The van der Waals surface area contributed by atoms with Gasteiger partial charge in [-0.2, -0.15) is 0 Å². The van der Waals surface area contributed by atoms with E-state index in [9.17, 15) is 9.59 Å². The summed E-state index contributed by atoms with van der Waals surface area (Å²) in [5, 5.41) is 9.01. The number of carbonyl (C=O) groups excluding carboxylic acids is 2. The van der Waals surface area contributed by atoms with Crippen molar-refractivity contribution < 1.29 is 14.3 Å². The van der Waals surface area contributed by atoms with Crippen LogP contribution in [0.2, 0.25) is 0 Å². The van der Waals surface area contributed by atoms with E-state index in [1.807, 2.05) is 30.5 Å². The molecule has 0 aliphatic heterocycles. The highest BCUT2D eigenvalue weighted by Gasteiger charge is 2.13. The van der Waals surface area contributed by atoms with E-state index < -0.39 is 0 Å². The molecule has 0 spiro atoms. The first-order valence-corrected chi connectivity index (χ1v) is 10.2. The average Bonchev–Trinajstić information content (AvgIpc) is 2.99. The number of urea groups is 1. The number of rotatable bonds is 7. The van der Waals surface area contributed by atoms with Gasteiger partial charge in [0.15, 0.2) is 5.65 Å². The lowest BCUT2D eigenvalue weighted by atomic mass is 10.0. The maximum absolute atomic E-state index is 12.3. The molecule has 3 aromatic rings. The maximum Gasteiger partial charge on any atom is 0.319 e. The number of nitrogens with zero attached hydrogens (tertiary/aromatic N) is 2. The molecule has 0 atom stereocenters. The third-order valence-electron chi connectivity index (χ3n) is 5.25. The van der Waals surface area contributed by atoms with Crippen LogP contribution in [0.3, 0.4) is 0 Å². The van der Waals surface area contributed by atoms with E-state index in [-0.39, 0.29) is 37.6 Å². The van der Waals surface area contributed by atoms with Crippen LogP contribution in [0.5, 0.6) is 0 Å². The number of halogens is 1. The summed E-state index contributed by atoms with van der Waals surface area (Å²) in [6.07, 6.45) is 1.85. The van der Waals surface area contributed by atoms with E-state index in [1.54, 1.807) is 0 Å². The van der Waals surface area contributed by atoms with E-state index >= 15 is 0 Å². The van der Waals surface area contributed by atoms with Gasteiger partial charge in [-0.05, 0) is 50.5 Å². The Morgan fingerprint density at radius 2 is 1.81 bits per heavy atom. The SMILES string of the molecule is CC(=O)OCCNC(=O)Nc1cc(NCc2c(C)cccc2C)c2nc(C)c(C)n2c1.Cl. The first-order chi connectivity index (χ1) is 14.8. The van der Waals surface area contributed by atoms with E-state index in [0.29, 0.717) is 12.2 Å². The highest BCUT2D eigenvalue weighted by molar-refractivity contribution is 5.90. The van der Waals surface area contributed by atoms with Crippen molar-refractivity contribution >= 4 is 41.4 Å². The number of amides is 2. The zero-order valence-corrected chi connectivity index (χ0v) is 19.9. The number of nitrogens with one attached hydrogen (secondary N) is 3. The quantitative estimate of drug-likeness (QED) is 0.362. The molecule has 1 aromatic carbocycles. The summed E-state index contributed by atoms with van der Waals surface area (Å²) in [7, 11) is 0. The minimum absolute atomic E-state index is 0. The van der Waals surface area contributed by atoms with Crippen LogP contribution in [-0.4, -0.2) is 34.5 Å². The summed E-state index contributed by atoms with van der Waals surface area (Å²) in [6.45, 7) is 10.5. The lowest BCUT2D eigenvalue weighted by Crippen LogP contribution is -2.32. The Morgan fingerprint density at radius 3 is 2.47 bits per heavy atom. The minimum Gasteiger partial charge on any atom is -0.464 e. The Balaban J connectivity index is 0.00000363. The van der Waals surface area contributed by atoms with Crippen molar-refractivity contribution in [3.05, 3.63) is 58.5 Å². The maximum atomic E-state index is 12.3. The Labute approximate surface area is 194 Å². The second-order valence-corrected chi connectivity index (χ2v) is 7.56. The standard InChI is InChI=1S/C23H29N5O3.ClH/c1-14-7-6-8-15(2)20(14)12-25-21-11-19(13-28-17(4)16(3)26-22(21)28)27-23(30)24-9-10-31-18(5)29;/h6-8,11,13,25H,9-10,12H2,1-5H3,(H2,24,27,30);1H. The smallest absolute Gasteiger partial charge is 0.319 e. The van der Waals surface area contributed by atoms with Gasteiger partial charge >= 0.3 is 12.0 Å². The van der Waals surface area contributed by atoms with Crippen LogP contribution in [0.4, 0.5) is 16.2 Å². The molecule has 8 nitrogen and oxygen atoms in total. The highest BCUT2D eigenvalue weighted by atomic mass is 35.5. The normalized spacial score (nSPS) is 10.4. The van der Waals surface area contributed by atoms with Crippen LogP contribution in [0.25, 0.3) is 5.65 Å². The van der Waals surface area contributed by atoms with Gasteiger partial charge in [0.1, 0.15) is 6.61 Å². The first-order valence-electron chi connectivity index (χ1n) is 10.2. The van der Waals surface area contributed by atoms with Crippen molar-refractivity contribution in [1.82, 2.24) is 14.7 Å². The van der Waals surface area contributed by atoms with Crippen molar-refractivity contribution in [2.75, 3.05) is 23.8 Å². The fourth-order valence-electron chi connectivity index (χ4n) is 3.42. The van der Waals surface area contributed by atoms with Crippen LogP contribution in [-0.2, 0) is 16.1 Å². The third kappa shape index (κ3) is 5.91. The fourth-order valence-corrected chi connectivity index (χ4v) is 3.42. The summed E-state index contributed by atoms with van der Waals surface area (Å²) in [4.78, 5) is 27.8. The summed E-state index contributed by atoms with van der Waals surface area (Å²) < 4.78 is 6.80. The molecule has 3 rings (SSSR count). The summed E-state index contributed by atoms with van der Waals surface area (Å²) in [5.74, 6) is -0.377. The molecule has 0 aliphatic rings. The molecule has 0 saturated heterocycles. The number of aryl methyl sites for hydroxylation is 4. The molecule has 0 fully saturated rings. The molecule has 0 aliphatic carbocycles. The predicted molar refractivity (Wildman–Crippen MR) is 129 cm³/mol. The van der Waals surface area contributed by atoms with Crippen molar-refractivity contribution in [3.8, 4) is 0 Å². The first kappa shape index (κ1) is 25.0. The molecular formula is C23H30ClN5O3. The fraction of sp³-hybridized carbons (Fsp3) is 0.348. The number of esters is 1. The van der Waals surface area contributed by atoms with Crippen LogP contribution in [0.15, 0.2) is 30.5 Å². The molecule has 0 radical (unpaired) electrons. The molecule has 2 heterocycles. The number of fused-ring (bicyclic) bond motifs is 1. The van der Waals surface area contributed by atoms with Gasteiger partial charge in [0.25, 0.3) is 0 Å². The van der Waals surface area contributed by atoms with E-state index in [2.05, 4.69) is 48.0 Å². The van der Waals surface area contributed by atoms with Crippen LogP contribution in [0, 0.1) is 27.7 Å². The van der Waals surface area contributed by atoms with Gasteiger partial charge < -0.3 is 25.1 Å². The van der Waals surface area contributed by atoms with Crippen molar-refractivity contribution in [2.24, 2.45) is 0 Å². The van der Waals surface area contributed by atoms with E-state index in [4.69, 9.17) is 9.72 Å². The van der Waals surface area contributed by atoms with Crippen LogP contribution >= 0.6 is 12.4 Å². The van der Waals surface area contributed by atoms with Crippen LogP contribution in [0.1, 0.15) is 35.0 Å². The van der Waals surface area contributed by atoms with E-state index in [0.717, 1.165) is 22.7 Å². The van der Waals surface area contributed by atoms with Gasteiger partial charge in [0.2, 0.25) is 0 Å². The number of anilines is 2. The molecule has 0 unspecified atom stereocenters. The lowest BCUT2D eigenvalue weighted by Gasteiger charge is -2.15. The molecule has 172 valence electrons. The second kappa shape index (κ2) is 10.9. The Morgan fingerprint density at radius 1 is 1.12 bits per heavy atom. The monoisotopic (exact) mass is 459 g/mol. The number of benzene rings is 1. The van der Waals surface area contributed by atoms with Gasteiger partial charge in [-0.3, -0.25) is 4.79 Å². The number of carbonyl (C=O) groups is 2. The molecule has 0 bridgehead atoms. The second-order valence-electron chi connectivity index (χ2n) is 7.56. The Kier molecular flexibility index (Phi) is 8.48. The number of ether oxygens (including phenoxy) is 1. The molecule has 32 heavy (non-hydrogen) atoms. The lowest BCUT2D eigenvalue weighted by molar-refractivity contribution is -0.140. The molecule has 9 heteroatoms. The van der Waals surface area contributed by atoms with Crippen molar-refractivity contribution in [1.29, 1.82) is 0 Å². The number of aromatic nitrogens is 2. The molecule has 2 amide bonds. The number of hydrogen-bond donors (Lipinski definition) is 3. The van der Waals surface area contributed by atoms with Gasteiger partial charge in [0.05, 0.1) is 23.6 Å². The Bertz CT molecular complexity index is 1110. The largest absolute Gasteiger partial charge is 0.464 e. The number of imidazole rings is 1. The van der Waals surface area contributed by atoms with Gasteiger partial charge in [-0.15, -0.1) is 12.4 Å². The van der Waals surface area contributed by atoms with Crippen molar-refractivity contribution in [2.45, 2.75) is 41.2 Å². The number of pyridine rings is 1. The molecular weight excluding hydrogens is 430 g/mol. The molecule has 3 N–H and O–H groups in total. The Hall–Kier alpha value is -3.26. The summed E-state index contributed by atoms with van der Waals surface area (Å²) in [5.41, 5.74) is 7.88. The summed E-state index contributed by atoms with van der Waals surface area (Å²) >= 11 is 0. The minimum atomic E-state index is -0.377. The molecule has 2 aromatic heterocycles. The van der Waals surface area contributed by atoms with E-state index in [1.165, 1.54) is 23.6 Å². The average molecular weight is 460 g/mol. The summed E-state index contributed by atoms with van der Waals surface area (Å²) in [6, 6.07) is 7.75. The van der Waals surface area contributed by atoms with Crippen molar-refractivity contribution in [3.63, 3.8) is 0 Å². The predicted octanol–water partition coefficient (Wildman–Crippen LogP) is 4.29. The molecule has 0 saturated carbocycles. The van der Waals surface area contributed by atoms with Gasteiger partial charge in [0, 0.05) is 25.4 Å². The van der Waals surface area contributed by atoms with Gasteiger partial charge in [-0.25, -0.2) is 9.78 Å². The third-order valence-corrected chi connectivity index (χ3v) is 5.25. The number of hydrogen-bond acceptors (Lipinski definition) is 5.